The molecule has 0 aliphatic rings. The molecule has 0 aliphatic heterocycles. The Hall–Kier alpha value is -0.170. The standard InChI is InChI=1S/C15H35N3O2S/c1-6-11-16-14-15(5)21(19,20)18(9-4)13-10-12-17(7-2)8-3/h15-16H,6-14H2,1-5H3. The number of hydrogen-bond acceptors (Lipinski definition) is 4. The molecule has 1 N–H and O–H groups in total. The van der Waals surface area contributed by atoms with Gasteiger partial charge in [-0.1, -0.05) is 27.7 Å². The average Bonchev–Trinajstić information content (AvgIpc) is 2.47. The zero-order chi connectivity index (χ0) is 16.3. The third-order valence-electron chi connectivity index (χ3n) is 3.86. The van der Waals surface area contributed by atoms with Gasteiger partial charge in [0.1, 0.15) is 0 Å². The minimum absolute atomic E-state index is 0.363. The van der Waals surface area contributed by atoms with E-state index in [1.54, 1.807) is 11.2 Å². The zero-order valence-electron chi connectivity index (χ0n) is 14.6. The molecule has 0 saturated heterocycles. The van der Waals surface area contributed by atoms with Crippen molar-refractivity contribution in [2.45, 2.75) is 52.7 Å². The quantitative estimate of drug-likeness (QED) is 0.525. The highest BCUT2D eigenvalue weighted by Crippen LogP contribution is 2.09. The van der Waals surface area contributed by atoms with Gasteiger partial charge in [-0.3, -0.25) is 0 Å². The highest BCUT2D eigenvalue weighted by Gasteiger charge is 2.26. The van der Waals surface area contributed by atoms with E-state index in [0.29, 0.717) is 19.6 Å². The van der Waals surface area contributed by atoms with Crippen LogP contribution in [0.3, 0.4) is 0 Å². The minimum atomic E-state index is -3.19. The van der Waals surface area contributed by atoms with Crippen molar-refractivity contribution >= 4 is 10.0 Å². The zero-order valence-corrected chi connectivity index (χ0v) is 15.4. The average molecular weight is 322 g/mol. The minimum Gasteiger partial charge on any atom is -0.315 e. The van der Waals surface area contributed by atoms with Gasteiger partial charge in [-0.25, -0.2) is 12.7 Å². The summed E-state index contributed by atoms with van der Waals surface area (Å²) < 4.78 is 26.7. The van der Waals surface area contributed by atoms with Gasteiger partial charge in [0.15, 0.2) is 0 Å². The van der Waals surface area contributed by atoms with E-state index in [9.17, 15) is 8.42 Å². The van der Waals surface area contributed by atoms with Crippen LogP contribution < -0.4 is 5.32 Å². The van der Waals surface area contributed by atoms with E-state index in [4.69, 9.17) is 0 Å². The second kappa shape index (κ2) is 11.4. The summed E-state index contributed by atoms with van der Waals surface area (Å²) in [5, 5.41) is 2.83. The lowest BCUT2D eigenvalue weighted by Gasteiger charge is -2.26. The van der Waals surface area contributed by atoms with Gasteiger partial charge >= 0.3 is 0 Å². The summed E-state index contributed by atoms with van der Waals surface area (Å²) in [7, 11) is -3.19. The molecular weight excluding hydrogens is 286 g/mol. The summed E-state index contributed by atoms with van der Waals surface area (Å²) in [5.41, 5.74) is 0. The van der Waals surface area contributed by atoms with Crippen molar-refractivity contribution in [3.8, 4) is 0 Å². The number of sulfonamides is 1. The summed E-state index contributed by atoms with van der Waals surface area (Å²) >= 11 is 0. The summed E-state index contributed by atoms with van der Waals surface area (Å²) in [6, 6.07) is 0. The Labute approximate surface area is 132 Å². The van der Waals surface area contributed by atoms with E-state index in [0.717, 1.165) is 39.0 Å². The molecule has 0 saturated carbocycles. The molecule has 0 heterocycles. The molecule has 0 fully saturated rings. The van der Waals surface area contributed by atoms with Gasteiger partial charge in [-0.05, 0) is 45.9 Å². The lowest BCUT2D eigenvalue weighted by Crippen LogP contribution is -2.43. The summed E-state index contributed by atoms with van der Waals surface area (Å²) in [6.07, 6.45) is 1.91. The van der Waals surface area contributed by atoms with Gasteiger partial charge in [0, 0.05) is 19.6 Å². The molecular formula is C15H35N3O2S. The molecule has 0 aromatic carbocycles. The molecule has 21 heavy (non-hydrogen) atoms. The van der Waals surface area contributed by atoms with Crippen LogP contribution in [0, 0.1) is 0 Å². The van der Waals surface area contributed by atoms with Crippen LogP contribution in [0.25, 0.3) is 0 Å². The molecule has 0 aromatic heterocycles. The highest BCUT2D eigenvalue weighted by atomic mass is 32.2. The predicted molar refractivity (Wildman–Crippen MR) is 91.2 cm³/mol. The molecule has 0 rings (SSSR count). The molecule has 0 bridgehead atoms. The first kappa shape index (κ1) is 20.8. The second-order valence-electron chi connectivity index (χ2n) is 5.43. The van der Waals surface area contributed by atoms with Crippen LogP contribution in [-0.2, 0) is 10.0 Å². The predicted octanol–water partition coefficient (Wildman–Crippen LogP) is 1.76. The third-order valence-corrected chi connectivity index (χ3v) is 6.20. The van der Waals surface area contributed by atoms with Crippen molar-refractivity contribution in [1.82, 2.24) is 14.5 Å². The highest BCUT2D eigenvalue weighted by molar-refractivity contribution is 7.89. The number of nitrogens with one attached hydrogen (secondary N) is 1. The molecule has 1 unspecified atom stereocenters. The Morgan fingerprint density at radius 3 is 2.10 bits per heavy atom. The molecule has 0 spiro atoms. The van der Waals surface area contributed by atoms with Crippen molar-refractivity contribution < 1.29 is 8.42 Å². The first-order valence-corrected chi connectivity index (χ1v) is 9.86. The van der Waals surface area contributed by atoms with Gasteiger partial charge in [0.2, 0.25) is 10.0 Å². The van der Waals surface area contributed by atoms with Gasteiger partial charge in [-0.15, -0.1) is 0 Å². The van der Waals surface area contributed by atoms with Gasteiger partial charge in [0.25, 0.3) is 0 Å². The lowest BCUT2D eigenvalue weighted by atomic mass is 10.3. The van der Waals surface area contributed by atoms with Crippen LogP contribution in [0.4, 0.5) is 0 Å². The normalized spacial score (nSPS) is 14.0. The van der Waals surface area contributed by atoms with Crippen LogP contribution >= 0.6 is 0 Å². The van der Waals surface area contributed by atoms with Crippen molar-refractivity contribution in [1.29, 1.82) is 0 Å². The van der Waals surface area contributed by atoms with Gasteiger partial charge in [0.05, 0.1) is 5.25 Å². The molecule has 0 aliphatic carbocycles. The van der Waals surface area contributed by atoms with Crippen molar-refractivity contribution in [3.05, 3.63) is 0 Å². The Balaban J connectivity index is 4.40. The van der Waals surface area contributed by atoms with E-state index in [1.807, 2.05) is 6.92 Å². The van der Waals surface area contributed by atoms with Gasteiger partial charge in [-0.2, -0.15) is 0 Å². The summed E-state index contributed by atoms with van der Waals surface area (Å²) in [5.74, 6) is 0. The van der Waals surface area contributed by atoms with Crippen LogP contribution in [0.2, 0.25) is 0 Å². The number of hydrogen-bond donors (Lipinski definition) is 1. The smallest absolute Gasteiger partial charge is 0.217 e. The van der Waals surface area contributed by atoms with Crippen molar-refractivity contribution in [2.75, 3.05) is 45.8 Å². The molecule has 0 radical (unpaired) electrons. The molecule has 5 nitrogen and oxygen atoms in total. The Bertz CT molecular complexity index is 343. The maximum Gasteiger partial charge on any atom is 0.217 e. The lowest BCUT2D eigenvalue weighted by molar-refractivity contribution is 0.285. The fraction of sp³-hybridized carbons (Fsp3) is 1.00. The maximum atomic E-state index is 12.5. The fourth-order valence-corrected chi connectivity index (χ4v) is 3.90. The summed E-state index contributed by atoms with van der Waals surface area (Å²) in [4.78, 5) is 2.33. The largest absolute Gasteiger partial charge is 0.315 e. The first-order chi connectivity index (χ1) is 9.93. The van der Waals surface area contributed by atoms with Gasteiger partial charge < -0.3 is 10.2 Å². The Kier molecular flexibility index (Phi) is 11.3. The molecule has 0 aromatic rings. The maximum absolute atomic E-state index is 12.5. The Morgan fingerprint density at radius 2 is 1.62 bits per heavy atom. The third kappa shape index (κ3) is 7.58. The SMILES string of the molecule is CCCNCC(C)S(=O)(=O)N(CC)CCCN(CC)CC. The van der Waals surface area contributed by atoms with Crippen LogP contribution in [0.5, 0.6) is 0 Å². The van der Waals surface area contributed by atoms with Crippen LogP contribution in [0.15, 0.2) is 0 Å². The molecule has 0 amide bonds. The molecule has 128 valence electrons. The van der Waals surface area contributed by atoms with Crippen LogP contribution in [-0.4, -0.2) is 68.7 Å². The van der Waals surface area contributed by atoms with E-state index in [1.165, 1.54) is 0 Å². The number of rotatable bonds is 13. The topological polar surface area (TPSA) is 52.7 Å². The van der Waals surface area contributed by atoms with E-state index in [-0.39, 0.29) is 5.25 Å². The van der Waals surface area contributed by atoms with Crippen molar-refractivity contribution in [2.24, 2.45) is 0 Å². The molecule has 1 atom stereocenters. The molecule has 6 heteroatoms. The summed E-state index contributed by atoms with van der Waals surface area (Å²) in [6.45, 7) is 15.6. The van der Waals surface area contributed by atoms with E-state index < -0.39 is 10.0 Å². The first-order valence-electron chi connectivity index (χ1n) is 8.35. The van der Waals surface area contributed by atoms with Crippen LogP contribution in [0.1, 0.15) is 47.5 Å². The fourth-order valence-electron chi connectivity index (χ4n) is 2.32. The van der Waals surface area contributed by atoms with Crippen molar-refractivity contribution in [3.63, 3.8) is 0 Å². The Morgan fingerprint density at radius 1 is 1.00 bits per heavy atom. The second-order valence-corrected chi connectivity index (χ2v) is 7.78. The number of nitrogens with zero attached hydrogens (tertiary/aromatic N) is 2. The van der Waals surface area contributed by atoms with E-state index >= 15 is 0 Å². The van der Waals surface area contributed by atoms with E-state index in [2.05, 4.69) is 31.0 Å². The monoisotopic (exact) mass is 321 g/mol.